The largest absolute Gasteiger partial charge is 0.497 e. The Balaban J connectivity index is 2.65. The van der Waals surface area contributed by atoms with Gasteiger partial charge in [0.05, 0.1) is 13.7 Å². The number of ether oxygens (including phenoxy) is 1. The van der Waals surface area contributed by atoms with Gasteiger partial charge in [-0.2, -0.15) is 0 Å². The van der Waals surface area contributed by atoms with Crippen LogP contribution in [0, 0.1) is 0 Å². The van der Waals surface area contributed by atoms with Crippen LogP contribution in [-0.4, -0.2) is 26.5 Å². The van der Waals surface area contributed by atoms with E-state index in [0.717, 1.165) is 11.4 Å². The van der Waals surface area contributed by atoms with Crippen molar-refractivity contribution in [2.75, 3.05) is 25.6 Å². The summed E-state index contributed by atoms with van der Waals surface area (Å²) in [5.41, 5.74) is 1.03. The van der Waals surface area contributed by atoms with Gasteiger partial charge in [0.2, 0.25) is 0 Å². The molecule has 0 aliphatic carbocycles. The first kappa shape index (κ1) is 11.6. The maximum atomic E-state index is 11.3. The van der Waals surface area contributed by atoms with Crippen LogP contribution in [0.25, 0.3) is 0 Å². The predicted molar refractivity (Wildman–Crippen MR) is 61.6 cm³/mol. The number of ketones is 1. The van der Waals surface area contributed by atoms with E-state index < -0.39 is 0 Å². The molecule has 0 aliphatic heterocycles. The number of rotatable bonds is 5. The lowest BCUT2D eigenvalue weighted by Gasteiger charge is -2.18. The Labute approximate surface area is 90.7 Å². The van der Waals surface area contributed by atoms with Crippen molar-refractivity contribution in [3.05, 3.63) is 24.3 Å². The normalized spacial score (nSPS) is 9.80. The average molecular weight is 207 g/mol. The molecule has 3 nitrogen and oxygen atoms in total. The van der Waals surface area contributed by atoms with Crippen molar-refractivity contribution < 1.29 is 9.53 Å². The Bertz CT molecular complexity index is 319. The SMILES string of the molecule is CCC(=O)CN(C)c1ccc(OC)cc1. The van der Waals surface area contributed by atoms with E-state index in [1.807, 2.05) is 43.1 Å². The summed E-state index contributed by atoms with van der Waals surface area (Å²) in [5.74, 6) is 1.07. The molecule has 0 unspecified atom stereocenters. The highest BCUT2D eigenvalue weighted by molar-refractivity contribution is 5.83. The summed E-state index contributed by atoms with van der Waals surface area (Å²) in [6.45, 7) is 2.34. The predicted octanol–water partition coefficient (Wildman–Crippen LogP) is 2.11. The van der Waals surface area contributed by atoms with Gasteiger partial charge in [-0.25, -0.2) is 0 Å². The van der Waals surface area contributed by atoms with E-state index in [4.69, 9.17) is 4.74 Å². The Morgan fingerprint density at radius 2 is 1.93 bits per heavy atom. The highest BCUT2D eigenvalue weighted by atomic mass is 16.5. The van der Waals surface area contributed by atoms with Crippen LogP contribution in [0.1, 0.15) is 13.3 Å². The molecule has 0 amide bonds. The van der Waals surface area contributed by atoms with Gasteiger partial charge in [0.15, 0.2) is 5.78 Å². The van der Waals surface area contributed by atoms with Crippen LogP contribution < -0.4 is 9.64 Å². The molecule has 15 heavy (non-hydrogen) atoms. The molecule has 0 saturated carbocycles. The summed E-state index contributed by atoms with van der Waals surface area (Å²) in [6.07, 6.45) is 0.584. The van der Waals surface area contributed by atoms with Gasteiger partial charge >= 0.3 is 0 Å². The molecule has 0 atom stereocenters. The molecule has 3 heteroatoms. The molecule has 0 heterocycles. The number of likely N-dealkylation sites (N-methyl/N-ethyl adjacent to an activating group) is 1. The van der Waals surface area contributed by atoms with E-state index in [1.54, 1.807) is 7.11 Å². The standard InChI is InChI=1S/C12H17NO2/c1-4-11(14)9-13(2)10-5-7-12(15-3)8-6-10/h5-8H,4,9H2,1-3H3. The monoisotopic (exact) mass is 207 g/mol. The molecule has 0 fully saturated rings. The van der Waals surface area contributed by atoms with Crippen LogP contribution >= 0.6 is 0 Å². The van der Waals surface area contributed by atoms with Gasteiger partial charge in [-0.15, -0.1) is 0 Å². The van der Waals surface area contributed by atoms with Crippen LogP contribution in [0.4, 0.5) is 5.69 Å². The number of hydrogen-bond donors (Lipinski definition) is 0. The molecular weight excluding hydrogens is 190 g/mol. The summed E-state index contributed by atoms with van der Waals surface area (Å²) >= 11 is 0. The molecule has 0 N–H and O–H groups in total. The van der Waals surface area contributed by atoms with Crippen molar-refractivity contribution in [2.45, 2.75) is 13.3 Å². The lowest BCUT2D eigenvalue weighted by molar-refractivity contribution is -0.117. The first-order valence-corrected chi connectivity index (χ1v) is 5.04. The minimum atomic E-state index is 0.244. The average Bonchev–Trinajstić information content (AvgIpc) is 2.29. The molecule has 0 saturated heterocycles. The van der Waals surface area contributed by atoms with Crippen molar-refractivity contribution in [2.24, 2.45) is 0 Å². The fourth-order valence-electron chi connectivity index (χ4n) is 1.30. The summed E-state index contributed by atoms with van der Waals surface area (Å²) in [5, 5.41) is 0. The minimum Gasteiger partial charge on any atom is -0.497 e. The van der Waals surface area contributed by atoms with Gasteiger partial charge in [0.25, 0.3) is 0 Å². The van der Waals surface area contributed by atoms with E-state index in [0.29, 0.717) is 13.0 Å². The third-order valence-corrected chi connectivity index (χ3v) is 2.32. The van der Waals surface area contributed by atoms with E-state index in [9.17, 15) is 4.79 Å². The van der Waals surface area contributed by atoms with Gasteiger partial charge in [-0.3, -0.25) is 4.79 Å². The highest BCUT2D eigenvalue weighted by Gasteiger charge is 2.05. The van der Waals surface area contributed by atoms with Crippen molar-refractivity contribution in [3.63, 3.8) is 0 Å². The lowest BCUT2D eigenvalue weighted by Crippen LogP contribution is -2.24. The number of Topliss-reactive ketones (excluding diaryl/α,β-unsaturated/α-hetero) is 1. The number of anilines is 1. The second-order valence-corrected chi connectivity index (χ2v) is 3.45. The molecule has 1 aromatic carbocycles. The van der Waals surface area contributed by atoms with E-state index >= 15 is 0 Å². The van der Waals surface area contributed by atoms with Gasteiger partial charge in [0.1, 0.15) is 5.75 Å². The zero-order valence-electron chi connectivity index (χ0n) is 9.49. The number of benzene rings is 1. The van der Waals surface area contributed by atoms with Crippen LogP contribution in [0.2, 0.25) is 0 Å². The van der Waals surface area contributed by atoms with Gasteiger partial charge in [-0.05, 0) is 24.3 Å². The van der Waals surface area contributed by atoms with Crippen molar-refractivity contribution in [1.29, 1.82) is 0 Å². The molecule has 0 aliphatic rings. The van der Waals surface area contributed by atoms with Gasteiger partial charge < -0.3 is 9.64 Å². The zero-order valence-corrected chi connectivity index (χ0v) is 9.49. The van der Waals surface area contributed by atoms with E-state index in [2.05, 4.69) is 0 Å². The molecule has 82 valence electrons. The highest BCUT2D eigenvalue weighted by Crippen LogP contribution is 2.17. The Morgan fingerprint density at radius 1 is 1.33 bits per heavy atom. The number of methoxy groups -OCH3 is 1. The molecule has 1 rings (SSSR count). The number of carbonyl (C=O) groups excluding carboxylic acids is 1. The first-order chi connectivity index (χ1) is 7.17. The third-order valence-electron chi connectivity index (χ3n) is 2.32. The molecular formula is C12H17NO2. The third kappa shape index (κ3) is 3.27. The minimum absolute atomic E-state index is 0.244. The van der Waals surface area contributed by atoms with Crippen molar-refractivity contribution in [3.8, 4) is 5.75 Å². The fraction of sp³-hybridized carbons (Fsp3) is 0.417. The molecule has 0 aromatic heterocycles. The lowest BCUT2D eigenvalue weighted by atomic mass is 10.2. The van der Waals surface area contributed by atoms with Gasteiger partial charge in [0, 0.05) is 19.2 Å². The quantitative estimate of drug-likeness (QED) is 0.740. The Hall–Kier alpha value is -1.51. The molecule has 1 aromatic rings. The van der Waals surface area contributed by atoms with Crippen molar-refractivity contribution >= 4 is 11.5 Å². The zero-order chi connectivity index (χ0) is 11.3. The topological polar surface area (TPSA) is 29.5 Å². The van der Waals surface area contributed by atoms with Crippen molar-refractivity contribution in [1.82, 2.24) is 0 Å². The van der Waals surface area contributed by atoms with Crippen LogP contribution in [-0.2, 0) is 4.79 Å². The van der Waals surface area contributed by atoms with Crippen LogP contribution in [0.15, 0.2) is 24.3 Å². The second kappa shape index (κ2) is 5.39. The summed E-state index contributed by atoms with van der Waals surface area (Å²) in [6, 6.07) is 7.67. The van der Waals surface area contributed by atoms with Crippen LogP contribution in [0.3, 0.4) is 0 Å². The van der Waals surface area contributed by atoms with Gasteiger partial charge in [-0.1, -0.05) is 6.92 Å². The molecule has 0 radical (unpaired) electrons. The Kier molecular flexibility index (Phi) is 4.16. The second-order valence-electron chi connectivity index (χ2n) is 3.45. The van der Waals surface area contributed by atoms with Crippen LogP contribution in [0.5, 0.6) is 5.75 Å². The number of carbonyl (C=O) groups is 1. The summed E-state index contributed by atoms with van der Waals surface area (Å²) < 4.78 is 5.07. The fourth-order valence-corrected chi connectivity index (χ4v) is 1.30. The summed E-state index contributed by atoms with van der Waals surface area (Å²) in [7, 11) is 3.55. The first-order valence-electron chi connectivity index (χ1n) is 5.04. The molecule has 0 bridgehead atoms. The maximum Gasteiger partial charge on any atom is 0.151 e. The van der Waals surface area contributed by atoms with E-state index in [-0.39, 0.29) is 5.78 Å². The number of nitrogens with zero attached hydrogens (tertiary/aromatic N) is 1. The smallest absolute Gasteiger partial charge is 0.151 e. The number of hydrogen-bond acceptors (Lipinski definition) is 3. The molecule has 0 spiro atoms. The maximum absolute atomic E-state index is 11.3. The Morgan fingerprint density at radius 3 is 2.40 bits per heavy atom. The summed E-state index contributed by atoms with van der Waals surface area (Å²) in [4.78, 5) is 13.2. The van der Waals surface area contributed by atoms with E-state index in [1.165, 1.54) is 0 Å².